The number of carbonyl (C=O) groups excluding carboxylic acids is 2. The van der Waals surface area contributed by atoms with E-state index in [1.165, 1.54) is 0 Å². The van der Waals surface area contributed by atoms with Crippen LogP contribution in [0.5, 0.6) is 0 Å². The summed E-state index contributed by atoms with van der Waals surface area (Å²) in [7, 11) is 0. The molecule has 2 amide bonds. The summed E-state index contributed by atoms with van der Waals surface area (Å²) < 4.78 is 5.53. The number of carbonyl (C=O) groups is 2. The van der Waals surface area contributed by atoms with E-state index in [4.69, 9.17) is 16.3 Å². The number of benzene rings is 2. The number of fused-ring (bicyclic) bond motifs is 1. The molecule has 140 valence electrons. The first-order chi connectivity index (χ1) is 13.1. The SMILES string of the molecule is O=C(CC1(N2Cc3ccccc3C2=O)CCOCC1)Nc1ccc(Cl)cc1. The van der Waals surface area contributed by atoms with Crippen molar-refractivity contribution in [1.29, 1.82) is 0 Å². The Morgan fingerprint density at radius 2 is 1.81 bits per heavy atom. The van der Waals surface area contributed by atoms with Gasteiger partial charge >= 0.3 is 0 Å². The van der Waals surface area contributed by atoms with Gasteiger partial charge in [-0.25, -0.2) is 0 Å². The van der Waals surface area contributed by atoms with E-state index in [1.807, 2.05) is 29.2 Å². The Kier molecular flexibility index (Phi) is 4.89. The summed E-state index contributed by atoms with van der Waals surface area (Å²) in [5.41, 5.74) is 1.93. The third kappa shape index (κ3) is 3.57. The van der Waals surface area contributed by atoms with Gasteiger partial charge in [-0.05, 0) is 48.7 Å². The molecule has 0 atom stereocenters. The van der Waals surface area contributed by atoms with Crippen LogP contribution >= 0.6 is 11.6 Å². The first-order valence-corrected chi connectivity index (χ1v) is 9.48. The third-order valence-corrected chi connectivity index (χ3v) is 5.69. The summed E-state index contributed by atoms with van der Waals surface area (Å²) >= 11 is 5.90. The Balaban J connectivity index is 1.55. The molecule has 2 aromatic carbocycles. The summed E-state index contributed by atoms with van der Waals surface area (Å²) in [6, 6.07) is 14.7. The predicted molar refractivity (Wildman–Crippen MR) is 104 cm³/mol. The molecule has 2 aromatic rings. The number of anilines is 1. The van der Waals surface area contributed by atoms with Crippen LogP contribution in [-0.2, 0) is 16.1 Å². The predicted octanol–water partition coefficient (Wildman–Crippen LogP) is 3.87. The van der Waals surface area contributed by atoms with Crippen LogP contribution in [0.25, 0.3) is 0 Å². The number of ether oxygens (including phenoxy) is 1. The van der Waals surface area contributed by atoms with Crippen LogP contribution in [0.15, 0.2) is 48.5 Å². The summed E-state index contributed by atoms with van der Waals surface area (Å²) in [5, 5.41) is 3.54. The fourth-order valence-electron chi connectivity index (χ4n) is 3.97. The Morgan fingerprint density at radius 3 is 2.52 bits per heavy atom. The Morgan fingerprint density at radius 1 is 1.11 bits per heavy atom. The minimum absolute atomic E-state index is 0.00629. The minimum Gasteiger partial charge on any atom is -0.381 e. The molecule has 6 heteroatoms. The maximum atomic E-state index is 13.0. The van der Waals surface area contributed by atoms with Crippen molar-refractivity contribution >= 4 is 29.1 Å². The van der Waals surface area contributed by atoms with Crippen molar-refractivity contribution < 1.29 is 14.3 Å². The van der Waals surface area contributed by atoms with E-state index in [1.54, 1.807) is 24.3 Å². The second kappa shape index (κ2) is 7.33. The molecule has 2 aliphatic heterocycles. The van der Waals surface area contributed by atoms with Crippen molar-refractivity contribution in [2.45, 2.75) is 31.3 Å². The zero-order chi connectivity index (χ0) is 18.9. The Labute approximate surface area is 163 Å². The quantitative estimate of drug-likeness (QED) is 0.870. The lowest BCUT2D eigenvalue weighted by atomic mass is 9.84. The van der Waals surface area contributed by atoms with Crippen molar-refractivity contribution in [1.82, 2.24) is 4.90 Å². The van der Waals surface area contributed by atoms with Crippen molar-refractivity contribution in [3.8, 4) is 0 Å². The topological polar surface area (TPSA) is 58.6 Å². The Bertz CT molecular complexity index is 860. The lowest BCUT2D eigenvalue weighted by Crippen LogP contribution is -2.54. The number of nitrogens with zero attached hydrogens (tertiary/aromatic N) is 1. The second-order valence-electron chi connectivity index (χ2n) is 7.12. The smallest absolute Gasteiger partial charge is 0.254 e. The van der Waals surface area contributed by atoms with E-state index < -0.39 is 5.54 Å². The van der Waals surface area contributed by atoms with E-state index in [2.05, 4.69) is 5.32 Å². The molecule has 0 aromatic heterocycles. The first-order valence-electron chi connectivity index (χ1n) is 9.10. The van der Waals surface area contributed by atoms with Gasteiger partial charge in [0.15, 0.2) is 0 Å². The summed E-state index contributed by atoms with van der Waals surface area (Å²) in [6.45, 7) is 1.64. The zero-order valence-electron chi connectivity index (χ0n) is 14.9. The average Bonchev–Trinajstić information content (AvgIpc) is 3.02. The van der Waals surface area contributed by atoms with Crippen LogP contribution in [0.2, 0.25) is 5.02 Å². The van der Waals surface area contributed by atoms with Crippen molar-refractivity contribution in [2.75, 3.05) is 18.5 Å². The molecule has 0 radical (unpaired) electrons. The molecule has 0 bridgehead atoms. The van der Waals surface area contributed by atoms with Crippen LogP contribution in [0, 0.1) is 0 Å². The standard InChI is InChI=1S/C21H21ClN2O3/c22-16-5-7-17(8-6-16)23-19(25)13-21(9-11-27-12-10-21)24-14-15-3-1-2-4-18(15)20(24)26/h1-8H,9-14H2,(H,23,25). The van der Waals surface area contributed by atoms with Crippen LogP contribution in [0.1, 0.15) is 35.2 Å². The van der Waals surface area contributed by atoms with Gasteiger partial charge in [0.25, 0.3) is 5.91 Å². The van der Waals surface area contributed by atoms with Gasteiger partial charge in [0.2, 0.25) is 5.91 Å². The van der Waals surface area contributed by atoms with E-state index in [0.29, 0.717) is 43.3 Å². The van der Waals surface area contributed by atoms with Crippen molar-refractivity contribution in [3.63, 3.8) is 0 Å². The number of hydrogen-bond acceptors (Lipinski definition) is 3. The van der Waals surface area contributed by atoms with Crippen molar-refractivity contribution in [2.24, 2.45) is 0 Å². The molecule has 4 rings (SSSR count). The monoisotopic (exact) mass is 384 g/mol. The van der Waals surface area contributed by atoms with Gasteiger partial charge in [-0.15, -0.1) is 0 Å². The highest BCUT2D eigenvalue weighted by Gasteiger charge is 2.46. The molecule has 1 N–H and O–H groups in total. The molecule has 0 aliphatic carbocycles. The van der Waals surface area contributed by atoms with E-state index in [9.17, 15) is 9.59 Å². The fraction of sp³-hybridized carbons (Fsp3) is 0.333. The average molecular weight is 385 g/mol. The number of halogens is 1. The van der Waals surface area contributed by atoms with Gasteiger partial charge in [0.05, 0.1) is 12.0 Å². The summed E-state index contributed by atoms with van der Waals surface area (Å²) in [4.78, 5) is 27.7. The molecule has 1 fully saturated rings. The van der Waals surface area contributed by atoms with Gasteiger partial charge in [0.1, 0.15) is 0 Å². The highest BCUT2D eigenvalue weighted by Crippen LogP contribution is 2.38. The highest BCUT2D eigenvalue weighted by molar-refractivity contribution is 6.30. The minimum atomic E-state index is -0.523. The van der Waals surface area contributed by atoms with Gasteiger partial charge in [0, 0.05) is 36.0 Å². The van der Waals surface area contributed by atoms with Crippen LogP contribution in [0.4, 0.5) is 5.69 Å². The zero-order valence-corrected chi connectivity index (χ0v) is 15.7. The molecular weight excluding hydrogens is 364 g/mol. The Hall–Kier alpha value is -2.37. The summed E-state index contributed by atoms with van der Waals surface area (Å²) in [6.07, 6.45) is 1.56. The lowest BCUT2D eigenvalue weighted by molar-refractivity contribution is -0.120. The van der Waals surface area contributed by atoms with Gasteiger partial charge in [-0.1, -0.05) is 29.8 Å². The van der Waals surface area contributed by atoms with Crippen molar-refractivity contribution in [3.05, 3.63) is 64.7 Å². The molecule has 5 nitrogen and oxygen atoms in total. The molecule has 0 spiro atoms. The largest absolute Gasteiger partial charge is 0.381 e. The van der Waals surface area contributed by atoms with E-state index in [-0.39, 0.29) is 18.2 Å². The maximum Gasteiger partial charge on any atom is 0.254 e. The van der Waals surface area contributed by atoms with Gasteiger partial charge in [-0.3, -0.25) is 9.59 Å². The third-order valence-electron chi connectivity index (χ3n) is 5.44. The number of nitrogens with one attached hydrogen (secondary N) is 1. The lowest BCUT2D eigenvalue weighted by Gasteiger charge is -2.44. The fourth-order valence-corrected chi connectivity index (χ4v) is 4.09. The molecule has 0 saturated carbocycles. The number of rotatable bonds is 4. The second-order valence-corrected chi connectivity index (χ2v) is 7.55. The molecule has 2 heterocycles. The van der Waals surface area contributed by atoms with E-state index >= 15 is 0 Å². The highest BCUT2D eigenvalue weighted by atomic mass is 35.5. The normalized spacial score (nSPS) is 18.3. The number of hydrogen-bond donors (Lipinski definition) is 1. The molecular formula is C21H21ClN2O3. The van der Waals surface area contributed by atoms with Crippen LogP contribution < -0.4 is 5.32 Å². The molecule has 1 saturated heterocycles. The van der Waals surface area contributed by atoms with Gasteiger partial charge < -0.3 is 15.0 Å². The van der Waals surface area contributed by atoms with Gasteiger partial charge in [-0.2, -0.15) is 0 Å². The molecule has 2 aliphatic rings. The molecule has 0 unspecified atom stereocenters. The summed E-state index contributed by atoms with van der Waals surface area (Å²) in [5.74, 6) is -0.102. The van der Waals surface area contributed by atoms with E-state index in [0.717, 1.165) is 11.1 Å². The van der Waals surface area contributed by atoms with Crippen LogP contribution in [0.3, 0.4) is 0 Å². The number of amides is 2. The molecule has 27 heavy (non-hydrogen) atoms. The van der Waals surface area contributed by atoms with Crippen LogP contribution in [-0.4, -0.2) is 35.5 Å². The first kappa shape index (κ1) is 18.0. The maximum absolute atomic E-state index is 13.0.